The summed E-state index contributed by atoms with van der Waals surface area (Å²) >= 11 is 0. The van der Waals surface area contributed by atoms with Crippen molar-refractivity contribution < 1.29 is 18.0 Å². The van der Waals surface area contributed by atoms with Crippen LogP contribution in [0.15, 0.2) is 30.3 Å². The molecule has 0 atom stereocenters. The van der Waals surface area contributed by atoms with Crippen molar-refractivity contribution in [2.45, 2.75) is 26.1 Å². The van der Waals surface area contributed by atoms with Crippen molar-refractivity contribution in [3.05, 3.63) is 35.9 Å². The molecule has 0 spiro atoms. The Morgan fingerprint density at radius 2 is 1.90 bits per heavy atom. The molecule has 0 aromatic heterocycles. The Labute approximate surface area is 116 Å². The highest BCUT2D eigenvalue weighted by Crippen LogP contribution is 2.12. The molecule has 1 N–H and O–H groups in total. The van der Waals surface area contributed by atoms with Crippen molar-refractivity contribution in [3.8, 4) is 0 Å². The quantitative estimate of drug-likeness (QED) is 0.836. The summed E-state index contributed by atoms with van der Waals surface area (Å²) in [4.78, 5) is 13.5. The normalized spacial score (nSPS) is 11.4. The fraction of sp³-hybridized carbons (Fsp3) is 0.500. The van der Waals surface area contributed by atoms with Gasteiger partial charge in [-0.2, -0.15) is 13.2 Å². The highest BCUT2D eigenvalue weighted by atomic mass is 19.4. The van der Waals surface area contributed by atoms with E-state index in [-0.39, 0.29) is 12.5 Å². The van der Waals surface area contributed by atoms with Crippen LogP contribution in [-0.2, 0) is 11.3 Å². The van der Waals surface area contributed by atoms with Gasteiger partial charge in [-0.15, -0.1) is 0 Å². The van der Waals surface area contributed by atoms with Gasteiger partial charge >= 0.3 is 6.18 Å². The number of rotatable bonds is 7. The van der Waals surface area contributed by atoms with Gasteiger partial charge in [0.25, 0.3) is 0 Å². The van der Waals surface area contributed by atoms with Crippen LogP contribution in [0.3, 0.4) is 0 Å². The number of carbonyl (C=O) groups excluding carboxylic acids is 1. The molecule has 0 heterocycles. The molecule has 112 valence electrons. The van der Waals surface area contributed by atoms with Crippen LogP contribution in [0.2, 0.25) is 0 Å². The Kier molecular flexibility index (Phi) is 6.51. The van der Waals surface area contributed by atoms with Crippen molar-refractivity contribution in [1.82, 2.24) is 10.2 Å². The van der Waals surface area contributed by atoms with E-state index in [0.29, 0.717) is 13.1 Å². The van der Waals surface area contributed by atoms with Gasteiger partial charge in [-0.25, -0.2) is 0 Å². The molecule has 1 aromatic carbocycles. The number of hydrogen-bond acceptors (Lipinski definition) is 2. The lowest BCUT2D eigenvalue weighted by molar-refractivity contribution is -0.134. The summed E-state index contributed by atoms with van der Waals surface area (Å²) in [5.74, 6) is -0.319. The second-order valence-corrected chi connectivity index (χ2v) is 4.52. The molecule has 0 saturated carbocycles. The Hall–Kier alpha value is -1.56. The molecule has 1 aromatic rings. The molecule has 0 aliphatic carbocycles. The van der Waals surface area contributed by atoms with Crippen LogP contribution in [0, 0.1) is 0 Å². The first kappa shape index (κ1) is 16.5. The lowest BCUT2D eigenvalue weighted by atomic mass is 10.2. The molecule has 6 heteroatoms. The smallest absolute Gasteiger partial charge is 0.337 e. The average Bonchev–Trinajstić information content (AvgIpc) is 2.38. The zero-order valence-corrected chi connectivity index (χ0v) is 11.4. The van der Waals surface area contributed by atoms with Gasteiger partial charge in [-0.1, -0.05) is 37.3 Å². The lowest BCUT2D eigenvalue weighted by Crippen LogP contribution is -2.41. The number of halogens is 3. The lowest BCUT2D eigenvalue weighted by Gasteiger charge is -2.22. The Balaban J connectivity index is 2.50. The third-order valence-electron chi connectivity index (χ3n) is 2.66. The number of hydrogen-bond donors (Lipinski definition) is 1. The second kappa shape index (κ2) is 7.89. The van der Waals surface area contributed by atoms with Crippen LogP contribution in [0.4, 0.5) is 13.2 Å². The van der Waals surface area contributed by atoms with E-state index in [9.17, 15) is 18.0 Å². The molecule has 3 nitrogen and oxygen atoms in total. The van der Waals surface area contributed by atoms with E-state index in [1.165, 1.54) is 0 Å². The SMILES string of the molecule is CCCN(Cc1ccccc1)C(=O)CNCC(F)(F)F. The third kappa shape index (κ3) is 6.56. The van der Waals surface area contributed by atoms with Crippen molar-refractivity contribution >= 4 is 5.91 Å². The van der Waals surface area contributed by atoms with Gasteiger partial charge < -0.3 is 10.2 Å². The number of nitrogens with zero attached hydrogens (tertiary/aromatic N) is 1. The maximum Gasteiger partial charge on any atom is 0.401 e. The fourth-order valence-electron chi connectivity index (χ4n) is 1.79. The first-order valence-corrected chi connectivity index (χ1v) is 6.51. The van der Waals surface area contributed by atoms with Crippen LogP contribution >= 0.6 is 0 Å². The van der Waals surface area contributed by atoms with Gasteiger partial charge in [-0.3, -0.25) is 4.79 Å². The van der Waals surface area contributed by atoms with Crippen LogP contribution in [0.5, 0.6) is 0 Å². The highest BCUT2D eigenvalue weighted by Gasteiger charge is 2.27. The zero-order chi connectivity index (χ0) is 15.0. The topological polar surface area (TPSA) is 32.3 Å². The van der Waals surface area contributed by atoms with E-state index in [0.717, 1.165) is 12.0 Å². The molecule has 0 aliphatic rings. The van der Waals surface area contributed by atoms with Gasteiger partial charge in [0.2, 0.25) is 5.91 Å². The monoisotopic (exact) mass is 288 g/mol. The molecule has 0 unspecified atom stereocenters. The van der Waals surface area contributed by atoms with Crippen LogP contribution in [0.1, 0.15) is 18.9 Å². The summed E-state index contributed by atoms with van der Waals surface area (Å²) in [6, 6.07) is 9.39. The second-order valence-electron chi connectivity index (χ2n) is 4.52. The summed E-state index contributed by atoms with van der Waals surface area (Å²) in [6.45, 7) is 1.42. The van der Waals surface area contributed by atoms with E-state index in [4.69, 9.17) is 0 Å². The van der Waals surface area contributed by atoms with E-state index in [1.54, 1.807) is 4.90 Å². The first-order chi connectivity index (χ1) is 9.42. The molecular formula is C14H19F3N2O. The molecule has 20 heavy (non-hydrogen) atoms. The third-order valence-corrected chi connectivity index (χ3v) is 2.66. The van der Waals surface area contributed by atoms with Crippen LogP contribution in [0.25, 0.3) is 0 Å². The maximum atomic E-state index is 12.0. The summed E-state index contributed by atoms with van der Waals surface area (Å²) in [7, 11) is 0. The first-order valence-electron chi connectivity index (χ1n) is 6.51. The molecule has 0 radical (unpaired) electrons. The van der Waals surface area contributed by atoms with Gasteiger partial charge in [0, 0.05) is 13.1 Å². The largest absolute Gasteiger partial charge is 0.401 e. The number of alkyl halides is 3. The predicted octanol–water partition coefficient (Wildman–Crippen LogP) is 2.58. The molecule has 0 fully saturated rings. The standard InChI is InChI=1S/C14H19F3N2O/c1-2-8-19(10-12-6-4-3-5-7-12)13(20)9-18-11-14(15,16)17/h3-7,18H,2,8-11H2,1H3. The van der Waals surface area contributed by atoms with E-state index in [1.807, 2.05) is 37.3 Å². The minimum atomic E-state index is -4.30. The number of amides is 1. The summed E-state index contributed by atoms with van der Waals surface area (Å²) < 4.78 is 36.0. The van der Waals surface area contributed by atoms with E-state index in [2.05, 4.69) is 5.32 Å². The summed E-state index contributed by atoms with van der Waals surface area (Å²) in [5.41, 5.74) is 0.963. The van der Waals surface area contributed by atoms with Gasteiger partial charge in [0.05, 0.1) is 13.1 Å². The van der Waals surface area contributed by atoms with Crippen molar-refractivity contribution in [2.24, 2.45) is 0 Å². The summed E-state index contributed by atoms with van der Waals surface area (Å²) in [5, 5.41) is 2.13. The molecule has 0 saturated heterocycles. The molecule has 1 amide bonds. The number of carbonyl (C=O) groups is 1. The Morgan fingerprint density at radius 1 is 1.25 bits per heavy atom. The predicted molar refractivity (Wildman–Crippen MR) is 71.1 cm³/mol. The Morgan fingerprint density at radius 3 is 2.45 bits per heavy atom. The van der Waals surface area contributed by atoms with Crippen molar-refractivity contribution in [3.63, 3.8) is 0 Å². The van der Waals surface area contributed by atoms with Gasteiger partial charge in [-0.05, 0) is 12.0 Å². The molecule has 1 rings (SSSR count). The fourth-order valence-corrected chi connectivity index (χ4v) is 1.79. The van der Waals surface area contributed by atoms with Crippen molar-refractivity contribution in [2.75, 3.05) is 19.6 Å². The maximum absolute atomic E-state index is 12.0. The van der Waals surface area contributed by atoms with Gasteiger partial charge in [0.15, 0.2) is 0 Å². The molecule has 0 bridgehead atoms. The minimum absolute atomic E-state index is 0.299. The van der Waals surface area contributed by atoms with Crippen LogP contribution in [-0.4, -0.2) is 36.6 Å². The Bertz CT molecular complexity index is 407. The number of nitrogens with one attached hydrogen (secondary N) is 1. The zero-order valence-electron chi connectivity index (χ0n) is 11.4. The minimum Gasteiger partial charge on any atom is -0.337 e. The molecule has 0 aliphatic heterocycles. The summed E-state index contributed by atoms with van der Waals surface area (Å²) in [6.07, 6.45) is -3.53. The van der Waals surface area contributed by atoms with E-state index >= 15 is 0 Å². The molecular weight excluding hydrogens is 269 g/mol. The van der Waals surface area contributed by atoms with Gasteiger partial charge in [0.1, 0.15) is 0 Å². The van der Waals surface area contributed by atoms with Crippen molar-refractivity contribution in [1.29, 1.82) is 0 Å². The van der Waals surface area contributed by atoms with Crippen LogP contribution < -0.4 is 5.32 Å². The highest BCUT2D eigenvalue weighted by molar-refractivity contribution is 5.78. The number of benzene rings is 1. The average molecular weight is 288 g/mol. The van der Waals surface area contributed by atoms with E-state index < -0.39 is 12.7 Å².